The number of fused-ring (bicyclic) bond motifs is 1. The summed E-state index contributed by atoms with van der Waals surface area (Å²) in [6.07, 6.45) is 2.39. The van der Waals surface area contributed by atoms with Gasteiger partial charge < -0.3 is 5.73 Å². The van der Waals surface area contributed by atoms with E-state index in [-0.39, 0.29) is 0 Å². The molecule has 3 rings (SSSR count). The molecule has 6 heteroatoms. The van der Waals surface area contributed by atoms with Gasteiger partial charge in [0, 0.05) is 39.8 Å². The monoisotopic (exact) mass is 323 g/mol. The fourth-order valence-corrected chi connectivity index (χ4v) is 4.77. The summed E-state index contributed by atoms with van der Waals surface area (Å²) in [5, 5.41) is 0. The lowest BCUT2D eigenvalue weighted by Gasteiger charge is -2.19. The van der Waals surface area contributed by atoms with Crippen LogP contribution in [0.1, 0.15) is 18.4 Å². The number of hydrogen-bond acceptors (Lipinski definition) is 4. The molecule has 1 aliphatic carbocycles. The molecule has 1 saturated heterocycles. The molecule has 22 heavy (non-hydrogen) atoms. The first-order valence-electron chi connectivity index (χ1n) is 7.87. The Labute approximate surface area is 133 Å². The molecule has 0 radical (unpaired) electrons. The van der Waals surface area contributed by atoms with Crippen LogP contribution >= 0.6 is 0 Å². The Morgan fingerprint density at radius 2 is 2.05 bits per heavy atom. The Bertz CT molecular complexity index is 645. The molecule has 3 atom stereocenters. The van der Waals surface area contributed by atoms with Gasteiger partial charge in [-0.1, -0.05) is 12.1 Å². The zero-order valence-corrected chi connectivity index (χ0v) is 14.1. The van der Waals surface area contributed by atoms with E-state index < -0.39 is 10.0 Å². The van der Waals surface area contributed by atoms with Crippen LogP contribution in [0.5, 0.6) is 0 Å². The van der Waals surface area contributed by atoms with Crippen molar-refractivity contribution in [1.29, 1.82) is 0 Å². The number of sulfonamides is 1. The highest BCUT2D eigenvalue weighted by atomic mass is 32.2. The predicted octanol–water partition coefficient (Wildman–Crippen LogP) is 1.11. The lowest BCUT2D eigenvalue weighted by atomic mass is 9.98. The number of nitrogens with zero attached hydrogens (tertiary/aromatic N) is 2. The lowest BCUT2D eigenvalue weighted by molar-refractivity contribution is 0.298. The second kappa shape index (κ2) is 5.92. The Kier molecular flexibility index (Phi) is 4.29. The smallest absolute Gasteiger partial charge is 0.242 e. The van der Waals surface area contributed by atoms with Gasteiger partial charge in [0.05, 0.1) is 4.90 Å². The third-order valence-corrected chi connectivity index (χ3v) is 6.88. The Morgan fingerprint density at radius 1 is 1.27 bits per heavy atom. The van der Waals surface area contributed by atoms with Gasteiger partial charge >= 0.3 is 0 Å². The van der Waals surface area contributed by atoms with Gasteiger partial charge in [0.25, 0.3) is 0 Å². The van der Waals surface area contributed by atoms with E-state index in [1.165, 1.54) is 10.7 Å². The number of hydrogen-bond donors (Lipinski definition) is 1. The summed E-state index contributed by atoms with van der Waals surface area (Å²) < 4.78 is 25.7. The summed E-state index contributed by atoms with van der Waals surface area (Å²) in [5.41, 5.74) is 7.23. The third kappa shape index (κ3) is 2.93. The van der Waals surface area contributed by atoms with Crippen LogP contribution in [0, 0.1) is 11.8 Å². The van der Waals surface area contributed by atoms with E-state index in [2.05, 4.69) is 4.90 Å². The van der Waals surface area contributed by atoms with Crippen LogP contribution in [0.3, 0.4) is 0 Å². The van der Waals surface area contributed by atoms with Gasteiger partial charge in [-0.2, -0.15) is 0 Å². The minimum atomic E-state index is -3.36. The van der Waals surface area contributed by atoms with Gasteiger partial charge in [0.1, 0.15) is 0 Å². The van der Waals surface area contributed by atoms with Crippen LogP contribution < -0.4 is 5.73 Å². The van der Waals surface area contributed by atoms with Gasteiger partial charge in [-0.05, 0) is 42.4 Å². The average Bonchev–Trinajstić information content (AvgIpc) is 3.01. The molecule has 1 aromatic rings. The van der Waals surface area contributed by atoms with Crippen molar-refractivity contribution in [2.24, 2.45) is 17.6 Å². The molecule has 1 aliphatic heterocycles. The fraction of sp³-hybridized carbons (Fsp3) is 0.625. The van der Waals surface area contributed by atoms with Crippen molar-refractivity contribution in [3.05, 3.63) is 29.8 Å². The average molecular weight is 323 g/mol. The van der Waals surface area contributed by atoms with E-state index in [1.54, 1.807) is 26.2 Å². The van der Waals surface area contributed by atoms with Crippen molar-refractivity contribution in [1.82, 2.24) is 9.21 Å². The molecule has 0 amide bonds. The van der Waals surface area contributed by atoms with Gasteiger partial charge in [-0.15, -0.1) is 0 Å². The highest BCUT2D eigenvalue weighted by Gasteiger charge is 2.40. The number of benzene rings is 1. The molecule has 122 valence electrons. The summed E-state index contributed by atoms with van der Waals surface area (Å²) in [6.45, 7) is 2.93. The normalized spacial score (nSPS) is 29.2. The van der Waals surface area contributed by atoms with Crippen molar-refractivity contribution in [2.45, 2.75) is 30.3 Å². The maximum Gasteiger partial charge on any atom is 0.242 e. The zero-order chi connectivity index (χ0) is 15.9. The second-order valence-electron chi connectivity index (χ2n) is 6.79. The molecule has 5 nitrogen and oxygen atoms in total. The van der Waals surface area contributed by atoms with Crippen LogP contribution in [-0.2, 0) is 16.6 Å². The van der Waals surface area contributed by atoms with E-state index in [4.69, 9.17) is 5.73 Å². The summed E-state index contributed by atoms with van der Waals surface area (Å²) in [6, 6.07) is 7.63. The van der Waals surface area contributed by atoms with Crippen molar-refractivity contribution < 1.29 is 8.42 Å². The first-order chi connectivity index (χ1) is 10.4. The minimum absolute atomic E-state index is 0.343. The molecular formula is C16H25N3O2S. The summed E-state index contributed by atoms with van der Waals surface area (Å²) in [5.74, 6) is 1.34. The first kappa shape index (κ1) is 15.9. The van der Waals surface area contributed by atoms with Crippen molar-refractivity contribution in [3.8, 4) is 0 Å². The lowest BCUT2D eigenvalue weighted by Crippen LogP contribution is -2.30. The summed E-state index contributed by atoms with van der Waals surface area (Å²) >= 11 is 0. The summed E-state index contributed by atoms with van der Waals surface area (Å²) in [7, 11) is -0.241. The minimum Gasteiger partial charge on any atom is -0.327 e. The van der Waals surface area contributed by atoms with E-state index in [0.717, 1.165) is 37.5 Å². The predicted molar refractivity (Wildman–Crippen MR) is 86.8 cm³/mol. The second-order valence-corrected chi connectivity index (χ2v) is 8.95. The largest absolute Gasteiger partial charge is 0.327 e. The Morgan fingerprint density at radius 3 is 2.73 bits per heavy atom. The SMILES string of the molecule is CN(C)S(=O)(=O)c1cccc(CN2CC3CCC(N)C3C2)c1. The molecule has 3 unspecified atom stereocenters. The van der Waals surface area contributed by atoms with Crippen LogP contribution in [0.25, 0.3) is 0 Å². The standard InChI is InChI=1S/C16H25N3O2S/c1-18(2)22(20,21)14-5-3-4-12(8-14)9-19-10-13-6-7-16(17)15(13)11-19/h3-5,8,13,15-16H,6-7,9-11,17H2,1-2H3. The third-order valence-electron chi connectivity index (χ3n) is 5.07. The number of nitrogens with two attached hydrogens (primary N) is 1. The topological polar surface area (TPSA) is 66.6 Å². The maximum atomic E-state index is 12.2. The summed E-state index contributed by atoms with van der Waals surface area (Å²) in [4.78, 5) is 2.78. The maximum absolute atomic E-state index is 12.2. The Balaban J connectivity index is 1.72. The van der Waals surface area contributed by atoms with E-state index in [1.807, 2.05) is 12.1 Å². The van der Waals surface area contributed by atoms with Crippen LogP contribution in [0.15, 0.2) is 29.2 Å². The van der Waals surface area contributed by atoms with Crippen molar-refractivity contribution >= 4 is 10.0 Å². The van der Waals surface area contributed by atoms with Crippen LogP contribution in [0.2, 0.25) is 0 Å². The van der Waals surface area contributed by atoms with Gasteiger partial charge in [0.15, 0.2) is 0 Å². The van der Waals surface area contributed by atoms with Crippen LogP contribution in [0.4, 0.5) is 0 Å². The molecule has 1 saturated carbocycles. The van der Waals surface area contributed by atoms with E-state index in [0.29, 0.717) is 16.9 Å². The highest BCUT2D eigenvalue weighted by Crippen LogP contribution is 2.37. The number of likely N-dealkylation sites (tertiary alicyclic amines) is 1. The molecule has 0 bridgehead atoms. The molecule has 1 heterocycles. The van der Waals surface area contributed by atoms with Gasteiger partial charge in [-0.25, -0.2) is 12.7 Å². The van der Waals surface area contributed by atoms with Crippen molar-refractivity contribution in [2.75, 3.05) is 27.2 Å². The molecule has 1 aromatic carbocycles. The molecule has 0 spiro atoms. The van der Waals surface area contributed by atoms with E-state index in [9.17, 15) is 8.42 Å². The number of rotatable bonds is 4. The Hall–Kier alpha value is -0.950. The molecule has 2 aliphatic rings. The molecule has 2 N–H and O–H groups in total. The molecule has 2 fully saturated rings. The van der Waals surface area contributed by atoms with Gasteiger partial charge in [0.2, 0.25) is 10.0 Å². The van der Waals surface area contributed by atoms with Gasteiger partial charge in [-0.3, -0.25) is 4.90 Å². The molecule has 0 aromatic heterocycles. The quantitative estimate of drug-likeness (QED) is 0.901. The highest BCUT2D eigenvalue weighted by molar-refractivity contribution is 7.89. The van der Waals surface area contributed by atoms with Crippen LogP contribution in [-0.4, -0.2) is 50.8 Å². The van der Waals surface area contributed by atoms with E-state index >= 15 is 0 Å². The fourth-order valence-electron chi connectivity index (χ4n) is 3.80. The van der Waals surface area contributed by atoms with Crippen molar-refractivity contribution in [3.63, 3.8) is 0 Å². The molecular weight excluding hydrogens is 298 g/mol. The first-order valence-corrected chi connectivity index (χ1v) is 9.31. The zero-order valence-electron chi connectivity index (χ0n) is 13.3.